The SMILES string of the molecule is Cc1ccc2nc(C3CCN(S(=O)(=O)c4ccc5[nH]c(=O)oc5c4)CC3)[nH]c2c1. The zero-order valence-corrected chi connectivity index (χ0v) is 16.6. The van der Waals surface area contributed by atoms with Crippen LogP contribution in [0.25, 0.3) is 22.1 Å². The van der Waals surface area contributed by atoms with E-state index in [-0.39, 0.29) is 16.4 Å². The number of fused-ring (bicyclic) bond motifs is 2. The number of aromatic nitrogens is 3. The molecular weight excluding hydrogens is 392 g/mol. The van der Waals surface area contributed by atoms with Crippen LogP contribution in [-0.2, 0) is 10.0 Å². The number of aromatic amines is 2. The number of aryl methyl sites for hydroxylation is 1. The summed E-state index contributed by atoms with van der Waals surface area (Å²) in [5.41, 5.74) is 3.83. The molecule has 0 atom stereocenters. The van der Waals surface area contributed by atoms with Crippen LogP contribution in [0.3, 0.4) is 0 Å². The molecule has 0 amide bonds. The van der Waals surface area contributed by atoms with Crippen molar-refractivity contribution in [2.45, 2.75) is 30.6 Å². The van der Waals surface area contributed by atoms with Crippen LogP contribution in [0.5, 0.6) is 0 Å². The quantitative estimate of drug-likeness (QED) is 0.537. The van der Waals surface area contributed by atoms with E-state index in [0.717, 1.165) is 16.9 Å². The summed E-state index contributed by atoms with van der Waals surface area (Å²) in [5.74, 6) is 0.508. The average molecular weight is 412 g/mol. The van der Waals surface area contributed by atoms with E-state index in [1.54, 1.807) is 6.07 Å². The molecule has 0 unspecified atom stereocenters. The van der Waals surface area contributed by atoms with E-state index in [4.69, 9.17) is 9.40 Å². The maximum absolute atomic E-state index is 13.0. The minimum Gasteiger partial charge on any atom is -0.408 e. The molecular formula is C20H20N4O4S. The molecule has 5 rings (SSSR count). The highest BCUT2D eigenvalue weighted by molar-refractivity contribution is 7.89. The third kappa shape index (κ3) is 3.16. The number of H-pyrrole nitrogens is 2. The Balaban J connectivity index is 1.36. The number of hydrogen-bond acceptors (Lipinski definition) is 5. The fourth-order valence-electron chi connectivity index (χ4n) is 3.94. The maximum atomic E-state index is 13.0. The van der Waals surface area contributed by atoms with E-state index in [1.165, 1.54) is 22.0 Å². The van der Waals surface area contributed by atoms with E-state index in [9.17, 15) is 13.2 Å². The Morgan fingerprint density at radius 3 is 2.66 bits per heavy atom. The van der Waals surface area contributed by atoms with Gasteiger partial charge in [0.05, 0.1) is 21.4 Å². The predicted molar refractivity (Wildman–Crippen MR) is 108 cm³/mol. The third-order valence-electron chi connectivity index (χ3n) is 5.53. The van der Waals surface area contributed by atoms with E-state index in [1.807, 2.05) is 19.1 Å². The Morgan fingerprint density at radius 2 is 1.86 bits per heavy atom. The monoisotopic (exact) mass is 412 g/mol. The molecule has 1 saturated heterocycles. The summed E-state index contributed by atoms with van der Waals surface area (Å²) < 4.78 is 32.5. The molecule has 0 aliphatic carbocycles. The van der Waals surface area contributed by atoms with Crippen LogP contribution >= 0.6 is 0 Å². The van der Waals surface area contributed by atoms with E-state index in [0.29, 0.717) is 31.4 Å². The first-order chi connectivity index (χ1) is 13.9. The first-order valence-corrected chi connectivity index (χ1v) is 10.9. The van der Waals surface area contributed by atoms with Crippen molar-refractivity contribution in [2.75, 3.05) is 13.1 Å². The first-order valence-electron chi connectivity index (χ1n) is 9.49. The second-order valence-corrected chi connectivity index (χ2v) is 9.43. The number of benzene rings is 2. The van der Waals surface area contributed by atoms with Crippen LogP contribution in [0.15, 0.2) is 50.5 Å². The van der Waals surface area contributed by atoms with Crippen LogP contribution in [0.1, 0.15) is 30.1 Å². The Hall–Kier alpha value is -2.91. The molecule has 0 saturated carbocycles. The zero-order chi connectivity index (χ0) is 20.2. The Bertz CT molecular complexity index is 1370. The lowest BCUT2D eigenvalue weighted by atomic mass is 9.97. The van der Waals surface area contributed by atoms with Gasteiger partial charge in [-0.05, 0) is 49.6 Å². The summed E-state index contributed by atoms with van der Waals surface area (Å²) in [7, 11) is -3.65. The molecule has 29 heavy (non-hydrogen) atoms. The van der Waals surface area contributed by atoms with Crippen molar-refractivity contribution >= 4 is 32.2 Å². The molecule has 8 nitrogen and oxygen atoms in total. The van der Waals surface area contributed by atoms with Crippen LogP contribution in [0, 0.1) is 6.92 Å². The van der Waals surface area contributed by atoms with Crippen molar-refractivity contribution < 1.29 is 12.8 Å². The molecule has 2 N–H and O–H groups in total. The molecule has 4 aromatic rings. The summed E-state index contributed by atoms with van der Waals surface area (Å²) in [4.78, 5) is 22.0. The first kappa shape index (κ1) is 18.1. The molecule has 0 radical (unpaired) electrons. The summed E-state index contributed by atoms with van der Waals surface area (Å²) in [5, 5.41) is 0. The zero-order valence-electron chi connectivity index (χ0n) is 15.8. The Labute approximate surface area is 166 Å². The minimum atomic E-state index is -3.65. The van der Waals surface area contributed by atoms with Gasteiger partial charge in [0.15, 0.2) is 5.58 Å². The number of piperidine rings is 1. The van der Waals surface area contributed by atoms with E-state index in [2.05, 4.69) is 16.0 Å². The Morgan fingerprint density at radius 1 is 1.07 bits per heavy atom. The summed E-state index contributed by atoms with van der Waals surface area (Å²) in [6, 6.07) is 10.6. The molecule has 3 heterocycles. The minimum absolute atomic E-state index is 0.130. The van der Waals surface area contributed by atoms with Crippen LogP contribution in [0.2, 0.25) is 0 Å². The molecule has 9 heteroatoms. The van der Waals surface area contributed by atoms with Crippen LogP contribution in [0.4, 0.5) is 0 Å². The number of hydrogen-bond donors (Lipinski definition) is 2. The van der Waals surface area contributed by atoms with Gasteiger partial charge in [-0.1, -0.05) is 6.07 Å². The Kier molecular flexibility index (Phi) is 4.11. The van der Waals surface area contributed by atoms with Crippen molar-refractivity contribution in [1.82, 2.24) is 19.3 Å². The average Bonchev–Trinajstić information content (AvgIpc) is 3.29. The molecule has 0 spiro atoms. The van der Waals surface area contributed by atoms with Gasteiger partial charge in [0, 0.05) is 25.1 Å². The number of imidazole rings is 1. The van der Waals surface area contributed by atoms with Gasteiger partial charge in [0.25, 0.3) is 0 Å². The number of oxazole rings is 1. The molecule has 2 aromatic heterocycles. The van der Waals surface area contributed by atoms with Crippen LogP contribution in [-0.4, -0.2) is 40.8 Å². The third-order valence-corrected chi connectivity index (χ3v) is 7.42. The van der Waals surface area contributed by atoms with Crippen LogP contribution < -0.4 is 5.76 Å². The van der Waals surface area contributed by atoms with Crippen molar-refractivity contribution in [1.29, 1.82) is 0 Å². The highest BCUT2D eigenvalue weighted by Crippen LogP contribution is 2.31. The molecule has 0 bridgehead atoms. The lowest BCUT2D eigenvalue weighted by molar-refractivity contribution is 0.314. The second kappa shape index (κ2) is 6.57. The predicted octanol–water partition coefficient (Wildman–Crippen LogP) is 2.87. The maximum Gasteiger partial charge on any atom is 0.417 e. The van der Waals surface area contributed by atoms with E-state index >= 15 is 0 Å². The molecule has 150 valence electrons. The van der Waals surface area contributed by atoms with Gasteiger partial charge in [0.1, 0.15) is 5.82 Å². The topological polar surface area (TPSA) is 112 Å². The van der Waals surface area contributed by atoms with Crippen molar-refractivity contribution in [3.8, 4) is 0 Å². The second-order valence-electron chi connectivity index (χ2n) is 7.49. The lowest BCUT2D eigenvalue weighted by Gasteiger charge is -2.30. The smallest absolute Gasteiger partial charge is 0.408 e. The van der Waals surface area contributed by atoms with Crippen molar-refractivity contribution in [2.24, 2.45) is 0 Å². The van der Waals surface area contributed by atoms with E-state index < -0.39 is 15.8 Å². The van der Waals surface area contributed by atoms with Gasteiger partial charge in [-0.2, -0.15) is 4.31 Å². The molecule has 1 aliphatic heterocycles. The lowest BCUT2D eigenvalue weighted by Crippen LogP contribution is -2.38. The highest BCUT2D eigenvalue weighted by atomic mass is 32.2. The number of nitrogens with zero attached hydrogens (tertiary/aromatic N) is 2. The van der Waals surface area contributed by atoms with Gasteiger partial charge in [-0.15, -0.1) is 0 Å². The van der Waals surface area contributed by atoms with Gasteiger partial charge >= 0.3 is 5.76 Å². The number of rotatable bonds is 3. The van der Waals surface area contributed by atoms with Crippen molar-refractivity contribution in [3.63, 3.8) is 0 Å². The van der Waals surface area contributed by atoms with Gasteiger partial charge < -0.3 is 9.40 Å². The summed E-state index contributed by atoms with van der Waals surface area (Å²) >= 11 is 0. The molecule has 2 aromatic carbocycles. The fraction of sp³-hybridized carbons (Fsp3) is 0.300. The molecule has 1 aliphatic rings. The number of nitrogens with one attached hydrogen (secondary N) is 2. The standard InChI is InChI=1S/C20H20N4O4S/c1-12-2-4-15-17(10-12)22-19(21-15)13-6-8-24(9-7-13)29(26,27)14-3-5-16-18(11-14)28-20(25)23-16/h2-5,10-11,13H,6-9H2,1H3,(H,21,22)(H,23,25). The number of sulfonamides is 1. The fourth-order valence-corrected chi connectivity index (χ4v) is 5.43. The van der Waals surface area contributed by atoms with Gasteiger partial charge in [0.2, 0.25) is 10.0 Å². The van der Waals surface area contributed by atoms with Crippen molar-refractivity contribution in [3.05, 3.63) is 58.3 Å². The largest absolute Gasteiger partial charge is 0.417 e. The summed E-state index contributed by atoms with van der Waals surface area (Å²) in [6.45, 7) is 2.87. The normalized spacial score (nSPS) is 16.7. The van der Waals surface area contributed by atoms with Gasteiger partial charge in [-0.25, -0.2) is 18.2 Å². The van der Waals surface area contributed by atoms with Gasteiger partial charge in [-0.3, -0.25) is 4.98 Å². The highest BCUT2D eigenvalue weighted by Gasteiger charge is 2.31. The summed E-state index contributed by atoms with van der Waals surface area (Å²) in [6.07, 6.45) is 1.39. The molecule has 1 fully saturated rings.